The second-order valence-electron chi connectivity index (χ2n) is 9.45. The first kappa shape index (κ1) is 29.8. The van der Waals surface area contributed by atoms with Gasteiger partial charge in [0.1, 0.15) is 5.75 Å². The predicted molar refractivity (Wildman–Crippen MR) is 150 cm³/mol. The lowest BCUT2D eigenvalue weighted by Gasteiger charge is -2.21. The number of benzene rings is 2. The first-order valence-corrected chi connectivity index (χ1v) is 15.3. The summed E-state index contributed by atoms with van der Waals surface area (Å²) in [5.41, 5.74) is 2.41. The van der Waals surface area contributed by atoms with Crippen LogP contribution < -0.4 is 9.46 Å². The van der Waals surface area contributed by atoms with Gasteiger partial charge in [-0.3, -0.25) is 9.52 Å². The van der Waals surface area contributed by atoms with Crippen molar-refractivity contribution in [2.45, 2.75) is 72.1 Å². The number of ether oxygens (including phenoxy) is 1. The predicted octanol–water partition coefficient (Wildman–Crippen LogP) is 6.30. The van der Waals surface area contributed by atoms with E-state index in [4.69, 9.17) is 4.74 Å². The van der Waals surface area contributed by atoms with Crippen LogP contribution in [0, 0.1) is 0 Å². The van der Waals surface area contributed by atoms with Crippen molar-refractivity contribution in [3.63, 3.8) is 0 Å². The van der Waals surface area contributed by atoms with Crippen molar-refractivity contribution in [3.05, 3.63) is 59.2 Å². The van der Waals surface area contributed by atoms with Crippen molar-refractivity contribution in [1.82, 2.24) is 4.90 Å². The van der Waals surface area contributed by atoms with Gasteiger partial charge in [-0.15, -0.1) is 0 Å². The maximum Gasteiger partial charge on any atom is 0.229 e. The molecule has 0 saturated carbocycles. The van der Waals surface area contributed by atoms with E-state index >= 15 is 0 Å². The highest BCUT2D eigenvalue weighted by Gasteiger charge is 2.16. The number of hydrogen-bond acceptors (Lipinski definition) is 5. The monoisotopic (exact) mass is 516 g/mol. The molecule has 0 heterocycles. The largest absolute Gasteiger partial charge is 0.494 e. The summed E-state index contributed by atoms with van der Waals surface area (Å²) in [6.45, 7) is 10.5. The zero-order valence-electron chi connectivity index (χ0n) is 22.5. The Hall–Kier alpha value is -2.38. The molecule has 6 nitrogen and oxygen atoms in total. The zero-order chi connectivity index (χ0) is 26.4. The van der Waals surface area contributed by atoms with Crippen LogP contribution in [0.25, 0.3) is 0 Å². The Morgan fingerprint density at radius 3 is 2.06 bits per heavy atom. The number of anilines is 1. The second-order valence-corrected chi connectivity index (χ2v) is 11.2. The van der Waals surface area contributed by atoms with Crippen LogP contribution in [-0.4, -0.2) is 51.6 Å². The van der Waals surface area contributed by atoms with Gasteiger partial charge in [-0.1, -0.05) is 46.1 Å². The Bertz CT molecular complexity index is 1030. The maximum atomic E-state index is 13.3. The van der Waals surface area contributed by atoms with E-state index in [9.17, 15) is 13.2 Å². The molecule has 7 heteroatoms. The average Bonchev–Trinajstić information content (AvgIpc) is 2.85. The molecule has 2 rings (SSSR count). The van der Waals surface area contributed by atoms with Crippen LogP contribution in [0.4, 0.5) is 5.69 Å². The summed E-state index contributed by atoms with van der Waals surface area (Å²) >= 11 is 0. The van der Waals surface area contributed by atoms with Gasteiger partial charge in [0.2, 0.25) is 10.0 Å². The van der Waals surface area contributed by atoms with E-state index in [0.29, 0.717) is 23.4 Å². The Kier molecular flexibility index (Phi) is 13.0. The Balaban J connectivity index is 2.02. The molecule has 2 aromatic rings. The summed E-state index contributed by atoms with van der Waals surface area (Å²) in [4.78, 5) is 15.9. The summed E-state index contributed by atoms with van der Waals surface area (Å²) in [5.74, 6) is 0.631. The molecule has 0 aromatic heterocycles. The van der Waals surface area contributed by atoms with Crippen LogP contribution in [0.3, 0.4) is 0 Å². The van der Waals surface area contributed by atoms with Crippen LogP contribution in [0.1, 0.15) is 87.2 Å². The van der Waals surface area contributed by atoms with Gasteiger partial charge in [0.05, 0.1) is 12.9 Å². The number of rotatable bonds is 18. The molecule has 0 spiro atoms. The normalized spacial score (nSPS) is 11.6. The molecular weight excluding hydrogens is 472 g/mol. The van der Waals surface area contributed by atoms with Crippen molar-refractivity contribution >= 4 is 21.5 Å². The van der Waals surface area contributed by atoms with Crippen LogP contribution in [-0.2, 0) is 16.4 Å². The molecule has 1 N–H and O–H groups in total. The molecule has 0 unspecified atom stereocenters. The lowest BCUT2D eigenvalue weighted by molar-refractivity contribution is 0.103. The van der Waals surface area contributed by atoms with E-state index in [1.165, 1.54) is 25.7 Å². The standard InChI is InChI=1S/C29H44N2O4S/c1-5-8-12-24-13-16-26(30-36(4,33)34)23-28(24)29(32)25-14-17-27(18-15-25)35-22-11-21-31(19-9-6-2)20-10-7-3/h13-18,23,30H,5-12,19-22H2,1-4H3. The molecule has 0 aliphatic carbocycles. The highest BCUT2D eigenvalue weighted by molar-refractivity contribution is 7.92. The van der Waals surface area contributed by atoms with E-state index in [-0.39, 0.29) is 5.78 Å². The molecule has 200 valence electrons. The molecule has 2 aromatic carbocycles. The average molecular weight is 517 g/mol. The molecule has 0 amide bonds. The van der Waals surface area contributed by atoms with E-state index < -0.39 is 10.0 Å². The van der Waals surface area contributed by atoms with Crippen molar-refractivity contribution in [2.75, 3.05) is 37.2 Å². The molecule has 0 bridgehead atoms. The number of sulfonamides is 1. The van der Waals surface area contributed by atoms with Crippen molar-refractivity contribution in [1.29, 1.82) is 0 Å². The zero-order valence-corrected chi connectivity index (χ0v) is 23.3. The third-order valence-corrected chi connectivity index (χ3v) is 6.72. The van der Waals surface area contributed by atoms with Crippen LogP contribution >= 0.6 is 0 Å². The maximum absolute atomic E-state index is 13.3. The smallest absolute Gasteiger partial charge is 0.229 e. The molecule has 0 aliphatic heterocycles. The Morgan fingerprint density at radius 1 is 0.861 bits per heavy atom. The van der Waals surface area contributed by atoms with Crippen molar-refractivity contribution in [2.24, 2.45) is 0 Å². The molecule has 0 aliphatic rings. The summed E-state index contributed by atoms with van der Waals surface area (Å²) in [5, 5.41) is 0. The number of unbranched alkanes of at least 4 members (excludes halogenated alkanes) is 3. The molecule has 36 heavy (non-hydrogen) atoms. The minimum Gasteiger partial charge on any atom is -0.494 e. The molecule has 0 fully saturated rings. The van der Waals surface area contributed by atoms with Gasteiger partial charge >= 0.3 is 0 Å². The Labute approximate surface area is 218 Å². The number of nitrogens with zero attached hydrogens (tertiary/aromatic N) is 1. The molecule has 0 radical (unpaired) electrons. The number of ketones is 1. The first-order valence-electron chi connectivity index (χ1n) is 13.4. The van der Waals surface area contributed by atoms with Gasteiger partial charge in [-0.05, 0) is 87.2 Å². The number of hydrogen-bond donors (Lipinski definition) is 1. The fourth-order valence-electron chi connectivity index (χ4n) is 4.09. The molecular formula is C29H44N2O4S. The SMILES string of the molecule is CCCCc1ccc(NS(C)(=O)=O)cc1C(=O)c1ccc(OCCCN(CCCC)CCCC)cc1. The molecule has 0 saturated heterocycles. The van der Waals surface area contributed by atoms with Crippen LogP contribution in [0.15, 0.2) is 42.5 Å². The minimum absolute atomic E-state index is 0.118. The quantitative estimate of drug-likeness (QED) is 0.186. The number of carbonyl (C=O) groups excluding carboxylic acids is 1. The number of aryl methyl sites for hydroxylation is 1. The topological polar surface area (TPSA) is 75.7 Å². The van der Waals surface area contributed by atoms with Gasteiger partial charge in [0.15, 0.2) is 5.78 Å². The second kappa shape index (κ2) is 15.7. The van der Waals surface area contributed by atoms with Crippen LogP contribution in [0.5, 0.6) is 5.75 Å². The summed E-state index contributed by atoms with van der Waals surface area (Å²) in [6, 6.07) is 12.4. The first-order chi connectivity index (χ1) is 17.3. The Morgan fingerprint density at radius 2 is 1.47 bits per heavy atom. The minimum atomic E-state index is -3.43. The fraction of sp³-hybridized carbons (Fsp3) is 0.552. The van der Waals surface area contributed by atoms with E-state index in [1.807, 2.05) is 18.2 Å². The summed E-state index contributed by atoms with van der Waals surface area (Å²) in [7, 11) is -3.43. The fourth-order valence-corrected chi connectivity index (χ4v) is 4.64. The highest BCUT2D eigenvalue weighted by Crippen LogP contribution is 2.23. The van der Waals surface area contributed by atoms with Gasteiger partial charge < -0.3 is 9.64 Å². The number of nitrogens with one attached hydrogen (secondary N) is 1. The van der Waals surface area contributed by atoms with E-state index in [2.05, 4.69) is 30.4 Å². The van der Waals surface area contributed by atoms with E-state index in [1.54, 1.807) is 24.3 Å². The third-order valence-electron chi connectivity index (χ3n) is 6.12. The van der Waals surface area contributed by atoms with Gasteiger partial charge in [0.25, 0.3) is 0 Å². The number of carbonyl (C=O) groups is 1. The van der Waals surface area contributed by atoms with Gasteiger partial charge in [-0.2, -0.15) is 0 Å². The van der Waals surface area contributed by atoms with Crippen molar-refractivity contribution < 1.29 is 17.9 Å². The van der Waals surface area contributed by atoms with E-state index in [0.717, 1.165) is 62.9 Å². The van der Waals surface area contributed by atoms with Crippen LogP contribution in [0.2, 0.25) is 0 Å². The van der Waals surface area contributed by atoms with Gasteiger partial charge in [-0.25, -0.2) is 8.42 Å². The summed E-state index contributed by atoms with van der Waals surface area (Å²) in [6.07, 6.45) is 9.69. The third kappa shape index (κ3) is 10.7. The molecule has 0 atom stereocenters. The summed E-state index contributed by atoms with van der Waals surface area (Å²) < 4.78 is 31.8. The lowest BCUT2D eigenvalue weighted by atomic mass is 9.95. The highest BCUT2D eigenvalue weighted by atomic mass is 32.2. The van der Waals surface area contributed by atoms with Crippen molar-refractivity contribution in [3.8, 4) is 5.75 Å². The van der Waals surface area contributed by atoms with Gasteiger partial charge in [0, 0.05) is 23.4 Å². The lowest BCUT2D eigenvalue weighted by Crippen LogP contribution is -2.28.